The molecule has 3 aromatic rings. The van der Waals surface area contributed by atoms with Gasteiger partial charge in [0, 0.05) is 54.4 Å². The van der Waals surface area contributed by atoms with Crippen molar-refractivity contribution >= 4 is 51.4 Å². The second-order valence-corrected chi connectivity index (χ2v) is 9.18. The molecule has 0 radical (unpaired) electrons. The van der Waals surface area contributed by atoms with E-state index in [0.29, 0.717) is 40.5 Å². The third kappa shape index (κ3) is 5.09. The number of benzene rings is 2. The van der Waals surface area contributed by atoms with Crippen molar-refractivity contribution in [2.75, 3.05) is 19.4 Å². The predicted molar refractivity (Wildman–Crippen MR) is 149 cm³/mol. The van der Waals surface area contributed by atoms with E-state index >= 15 is 0 Å². The largest absolute Gasteiger partial charge is 0.369 e. The molecule has 1 amide bonds. The number of carbonyl (C=O) groups is 1. The zero-order valence-electron chi connectivity index (χ0n) is 20.6. The fourth-order valence-electron chi connectivity index (χ4n) is 4.04. The molecule has 1 aromatic heterocycles. The topological polar surface area (TPSA) is 109 Å². The highest BCUT2D eigenvalue weighted by molar-refractivity contribution is 6.69. The minimum absolute atomic E-state index is 0.125. The predicted octanol–water partition coefficient (Wildman–Crippen LogP) is 4.93. The number of guanidine groups is 1. The van der Waals surface area contributed by atoms with Crippen LogP contribution in [0.1, 0.15) is 27.2 Å². The zero-order chi connectivity index (χ0) is 26.8. The van der Waals surface area contributed by atoms with E-state index in [4.69, 9.17) is 22.3 Å². The molecule has 0 saturated heterocycles. The number of aliphatic imine (C=N–C) groups is 2. The van der Waals surface area contributed by atoms with E-state index in [1.807, 2.05) is 6.08 Å². The van der Waals surface area contributed by atoms with E-state index in [-0.39, 0.29) is 16.9 Å². The number of anilines is 2. The van der Waals surface area contributed by atoms with Crippen LogP contribution in [0.5, 0.6) is 0 Å². The summed E-state index contributed by atoms with van der Waals surface area (Å²) in [6.07, 6.45) is 7.64. The quantitative estimate of drug-likeness (QED) is 0.368. The van der Waals surface area contributed by atoms with Crippen LogP contribution < -0.4 is 11.1 Å². The Labute approximate surface area is 223 Å². The van der Waals surface area contributed by atoms with Gasteiger partial charge in [-0.2, -0.15) is 4.99 Å². The van der Waals surface area contributed by atoms with Crippen LogP contribution in [-0.4, -0.2) is 46.0 Å². The van der Waals surface area contributed by atoms with Gasteiger partial charge in [0.1, 0.15) is 11.0 Å². The van der Waals surface area contributed by atoms with Gasteiger partial charge in [-0.3, -0.25) is 4.79 Å². The molecule has 190 valence electrons. The molecule has 2 heterocycles. The Morgan fingerprint density at radius 3 is 2.61 bits per heavy atom. The molecule has 0 atom stereocenters. The SMILES string of the molecule is CN(C)C(N)=NC(=O)c1ccc(Nc2ncc3c(n2)C2=CN=C(Cl)C=C(c4ccccc4F)C2=CC3)cc1. The lowest BCUT2D eigenvalue weighted by Crippen LogP contribution is -2.31. The third-order valence-electron chi connectivity index (χ3n) is 6.03. The first kappa shape index (κ1) is 25.0. The van der Waals surface area contributed by atoms with Crippen LogP contribution in [0.2, 0.25) is 0 Å². The van der Waals surface area contributed by atoms with Gasteiger partial charge in [-0.05, 0) is 54.0 Å². The maximum absolute atomic E-state index is 14.7. The Kier molecular flexibility index (Phi) is 6.85. The molecule has 0 fully saturated rings. The molecule has 0 unspecified atom stereocenters. The smallest absolute Gasteiger partial charge is 0.280 e. The molecule has 5 rings (SSSR count). The first-order valence-corrected chi connectivity index (χ1v) is 12.1. The second-order valence-electron chi connectivity index (χ2n) is 8.79. The molecule has 38 heavy (non-hydrogen) atoms. The summed E-state index contributed by atoms with van der Waals surface area (Å²) in [5.74, 6) is -0.307. The number of fused-ring (bicyclic) bond motifs is 3. The lowest BCUT2D eigenvalue weighted by atomic mass is 9.85. The van der Waals surface area contributed by atoms with Gasteiger partial charge in [0.2, 0.25) is 5.95 Å². The van der Waals surface area contributed by atoms with E-state index in [1.165, 1.54) is 6.07 Å². The normalized spacial score (nSPS) is 14.7. The maximum Gasteiger partial charge on any atom is 0.280 e. The third-order valence-corrected chi connectivity index (χ3v) is 6.24. The van der Waals surface area contributed by atoms with E-state index in [0.717, 1.165) is 16.7 Å². The van der Waals surface area contributed by atoms with Crippen molar-refractivity contribution in [3.8, 4) is 0 Å². The highest BCUT2D eigenvalue weighted by Crippen LogP contribution is 2.40. The maximum atomic E-state index is 14.7. The Hall–Kier alpha value is -4.63. The molecular weight excluding hydrogens is 505 g/mol. The van der Waals surface area contributed by atoms with Crippen molar-refractivity contribution in [1.82, 2.24) is 14.9 Å². The highest BCUT2D eigenvalue weighted by atomic mass is 35.5. The molecule has 8 nitrogen and oxygen atoms in total. The number of nitrogens with two attached hydrogens (primary N) is 1. The molecule has 3 N–H and O–H groups in total. The van der Waals surface area contributed by atoms with Crippen molar-refractivity contribution in [1.29, 1.82) is 0 Å². The Morgan fingerprint density at radius 2 is 1.87 bits per heavy atom. The average molecular weight is 528 g/mol. The monoisotopic (exact) mass is 527 g/mol. The summed E-state index contributed by atoms with van der Waals surface area (Å²) in [6.45, 7) is 0. The molecule has 10 heteroatoms. The van der Waals surface area contributed by atoms with Gasteiger partial charge >= 0.3 is 0 Å². The van der Waals surface area contributed by atoms with E-state index in [1.54, 1.807) is 79.9 Å². The Balaban J connectivity index is 1.43. The van der Waals surface area contributed by atoms with Crippen LogP contribution >= 0.6 is 11.6 Å². The van der Waals surface area contributed by atoms with Crippen LogP contribution in [0.3, 0.4) is 0 Å². The first-order chi connectivity index (χ1) is 18.3. The van der Waals surface area contributed by atoms with Crippen molar-refractivity contribution in [2.24, 2.45) is 15.7 Å². The fraction of sp³-hybridized carbons (Fsp3) is 0.107. The summed E-state index contributed by atoms with van der Waals surface area (Å²) in [5.41, 5.74) is 11.0. The van der Waals surface area contributed by atoms with Gasteiger partial charge in [-0.25, -0.2) is 19.4 Å². The van der Waals surface area contributed by atoms with Crippen molar-refractivity contribution < 1.29 is 9.18 Å². The first-order valence-electron chi connectivity index (χ1n) is 11.7. The van der Waals surface area contributed by atoms with Crippen LogP contribution in [0.4, 0.5) is 16.0 Å². The van der Waals surface area contributed by atoms with Gasteiger partial charge in [-0.15, -0.1) is 0 Å². The van der Waals surface area contributed by atoms with Gasteiger partial charge in [-0.1, -0.05) is 35.9 Å². The zero-order valence-corrected chi connectivity index (χ0v) is 21.4. The number of hydrogen-bond acceptors (Lipinski definition) is 5. The fourth-order valence-corrected chi connectivity index (χ4v) is 4.20. The lowest BCUT2D eigenvalue weighted by molar-refractivity contribution is 0.100. The van der Waals surface area contributed by atoms with Crippen LogP contribution in [0.15, 0.2) is 88.6 Å². The molecule has 0 saturated carbocycles. The van der Waals surface area contributed by atoms with Crippen molar-refractivity contribution in [2.45, 2.75) is 6.42 Å². The summed E-state index contributed by atoms with van der Waals surface area (Å²) in [5, 5.41) is 3.41. The molecule has 2 aliphatic rings. The van der Waals surface area contributed by atoms with Crippen LogP contribution in [0, 0.1) is 5.82 Å². The number of nitrogens with one attached hydrogen (secondary N) is 1. The molecule has 0 spiro atoms. The minimum Gasteiger partial charge on any atom is -0.369 e. The number of carbonyl (C=O) groups excluding carboxylic acids is 1. The van der Waals surface area contributed by atoms with E-state index in [2.05, 4.69) is 20.3 Å². The highest BCUT2D eigenvalue weighted by Gasteiger charge is 2.26. The number of aromatic nitrogens is 2. The van der Waals surface area contributed by atoms with Crippen molar-refractivity contribution in [3.63, 3.8) is 0 Å². The van der Waals surface area contributed by atoms with E-state index < -0.39 is 5.91 Å². The molecule has 2 aromatic carbocycles. The summed E-state index contributed by atoms with van der Waals surface area (Å²) < 4.78 is 14.7. The molecule has 1 aliphatic heterocycles. The average Bonchev–Trinajstić information content (AvgIpc) is 3.08. The number of amides is 1. The summed E-state index contributed by atoms with van der Waals surface area (Å²) >= 11 is 6.32. The number of hydrogen-bond donors (Lipinski definition) is 2. The summed E-state index contributed by atoms with van der Waals surface area (Å²) in [4.78, 5) is 31.3. The standard InChI is InChI=1S/C28H23ClFN7O/c1-37(2)27(31)36-26(38)16-7-10-18(11-8-16)34-28-33-14-17-9-12-19-21(20-5-3-4-6-23(20)30)13-24(29)32-15-22(19)25(17)35-28/h3-8,10-15H,9H2,1-2H3,(H2,31,36,38)(H,33,34,35). The number of allylic oxidation sites excluding steroid dienone is 5. The van der Waals surface area contributed by atoms with Gasteiger partial charge in [0.05, 0.1) is 5.69 Å². The van der Waals surface area contributed by atoms with Gasteiger partial charge in [0.25, 0.3) is 5.91 Å². The Bertz CT molecular complexity index is 1590. The minimum atomic E-state index is -0.440. The van der Waals surface area contributed by atoms with Crippen LogP contribution in [0.25, 0.3) is 11.1 Å². The van der Waals surface area contributed by atoms with E-state index in [9.17, 15) is 9.18 Å². The lowest BCUT2D eigenvalue weighted by Gasteiger charge is -2.21. The Morgan fingerprint density at radius 1 is 1.11 bits per heavy atom. The van der Waals surface area contributed by atoms with Crippen molar-refractivity contribution in [3.05, 3.63) is 107 Å². The number of halogens is 2. The number of nitrogens with zero attached hydrogens (tertiary/aromatic N) is 5. The molecule has 0 bridgehead atoms. The van der Waals surface area contributed by atoms with Gasteiger partial charge < -0.3 is 16.0 Å². The summed E-state index contributed by atoms with van der Waals surface area (Å²) in [7, 11) is 3.42. The molecule has 1 aliphatic carbocycles. The van der Waals surface area contributed by atoms with Crippen LogP contribution in [-0.2, 0) is 6.42 Å². The molecular formula is C28H23ClFN7O. The second kappa shape index (κ2) is 10.4. The van der Waals surface area contributed by atoms with Gasteiger partial charge in [0.15, 0.2) is 5.96 Å². The summed E-state index contributed by atoms with van der Waals surface area (Å²) in [6, 6.07) is 13.3. The number of rotatable bonds is 4.